The predicted octanol–water partition coefficient (Wildman–Crippen LogP) is 3.83. The van der Waals surface area contributed by atoms with Gasteiger partial charge >= 0.3 is 0 Å². The van der Waals surface area contributed by atoms with Gasteiger partial charge < -0.3 is 9.84 Å². The van der Waals surface area contributed by atoms with E-state index in [0.717, 1.165) is 21.5 Å². The smallest absolute Gasteiger partial charge is 0.134 e. The Morgan fingerprint density at radius 2 is 2.10 bits per heavy atom. The van der Waals surface area contributed by atoms with Crippen LogP contribution in [0.5, 0.6) is 5.75 Å². The fourth-order valence-electron chi connectivity index (χ4n) is 2.74. The minimum Gasteiger partial charge on any atom is -0.486 e. The summed E-state index contributed by atoms with van der Waals surface area (Å²) in [6.45, 7) is 0.488. The number of aliphatic hydroxyl groups excluding tert-OH is 1. The van der Waals surface area contributed by atoms with E-state index in [4.69, 9.17) is 9.84 Å². The fraction of sp³-hybridized carbons (Fsp3) is 0.438. The van der Waals surface area contributed by atoms with Gasteiger partial charge in [0.05, 0.1) is 22.8 Å². The van der Waals surface area contributed by atoms with Crippen molar-refractivity contribution in [2.24, 2.45) is 0 Å². The van der Waals surface area contributed by atoms with Crippen LogP contribution >= 0.6 is 15.9 Å². The minimum atomic E-state index is 0.0324. The molecule has 3 rings (SSSR count). The van der Waals surface area contributed by atoms with E-state index < -0.39 is 0 Å². The van der Waals surface area contributed by atoms with Crippen molar-refractivity contribution in [2.45, 2.75) is 44.9 Å². The predicted molar refractivity (Wildman–Crippen MR) is 84.1 cm³/mol. The van der Waals surface area contributed by atoms with Gasteiger partial charge in [-0.3, -0.25) is 4.68 Å². The first-order valence-corrected chi connectivity index (χ1v) is 8.11. The summed E-state index contributed by atoms with van der Waals surface area (Å²) < 4.78 is 8.72. The maximum atomic E-state index is 9.09. The molecule has 5 heteroatoms. The molecule has 0 radical (unpaired) electrons. The number of nitrogens with zero attached hydrogens (tertiary/aromatic N) is 2. The first-order valence-electron chi connectivity index (χ1n) is 7.32. The number of rotatable bonds is 5. The van der Waals surface area contributed by atoms with Crippen molar-refractivity contribution in [3.8, 4) is 5.75 Å². The molecule has 0 atom stereocenters. The highest BCUT2D eigenvalue weighted by atomic mass is 79.9. The second-order valence-electron chi connectivity index (χ2n) is 5.44. The van der Waals surface area contributed by atoms with Gasteiger partial charge in [0.1, 0.15) is 12.4 Å². The van der Waals surface area contributed by atoms with E-state index in [-0.39, 0.29) is 6.61 Å². The van der Waals surface area contributed by atoms with Crippen molar-refractivity contribution in [3.05, 3.63) is 46.2 Å². The van der Waals surface area contributed by atoms with Gasteiger partial charge in [0.2, 0.25) is 0 Å². The topological polar surface area (TPSA) is 47.3 Å². The number of halogens is 1. The summed E-state index contributed by atoms with van der Waals surface area (Å²) in [6.07, 6.45) is 7.13. The van der Waals surface area contributed by atoms with Gasteiger partial charge in [0.15, 0.2) is 0 Å². The monoisotopic (exact) mass is 350 g/mol. The van der Waals surface area contributed by atoms with Crippen LogP contribution in [0, 0.1) is 0 Å². The van der Waals surface area contributed by atoms with Crippen molar-refractivity contribution >= 4 is 15.9 Å². The zero-order chi connectivity index (χ0) is 14.7. The lowest BCUT2D eigenvalue weighted by Gasteiger charge is -2.10. The van der Waals surface area contributed by atoms with Crippen LogP contribution in [0.4, 0.5) is 0 Å². The zero-order valence-corrected chi connectivity index (χ0v) is 13.4. The molecule has 1 N–H and O–H groups in total. The Kier molecular flexibility index (Phi) is 4.60. The molecule has 1 aromatic heterocycles. The normalized spacial score (nSPS) is 15.5. The first kappa shape index (κ1) is 14.6. The Bertz CT molecular complexity index is 606. The highest BCUT2D eigenvalue weighted by Gasteiger charge is 2.17. The van der Waals surface area contributed by atoms with Crippen LogP contribution in [0.15, 0.2) is 34.9 Å². The fourth-order valence-corrected chi connectivity index (χ4v) is 3.28. The molecule has 1 aliphatic rings. The van der Waals surface area contributed by atoms with Gasteiger partial charge in [-0.1, -0.05) is 18.9 Å². The molecule has 1 aliphatic carbocycles. The van der Waals surface area contributed by atoms with Gasteiger partial charge in [0.25, 0.3) is 0 Å². The van der Waals surface area contributed by atoms with Gasteiger partial charge in [0, 0.05) is 6.20 Å². The average Bonchev–Trinajstić information content (AvgIpc) is 3.16. The third kappa shape index (κ3) is 3.47. The molecule has 1 heterocycles. The highest BCUT2D eigenvalue weighted by Crippen LogP contribution is 2.29. The molecule has 2 aromatic rings. The number of benzene rings is 1. The van der Waals surface area contributed by atoms with Gasteiger partial charge in [-0.25, -0.2) is 0 Å². The molecule has 1 fully saturated rings. The Balaban J connectivity index is 1.62. The summed E-state index contributed by atoms with van der Waals surface area (Å²) in [5.41, 5.74) is 1.81. The molecular weight excluding hydrogens is 332 g/mol. The van der Waals surface area contributed by atoms with E-state index in [2.05, 4.69) is 31.9 Å². The standard InChI is InChI=1S/C16H19BrN2O2/c17-15-9-12(10-20)5-6-16(15)21-11-13-7-8-19(18-13)14-3-1-2-4-14/h5-9,14,20H,1-4,10-11H2. The summed E-state index contributed by atoms with van der Waals surface area (Å²) in [6, 6.07) is 8.18. The van der Waals surface area contributed by atoms with Crippen LogP contribution in [0.2, 0.25) is 0 Å². The number of aliphatic hydroxyl groups is 1. The van der Waals surface area contributed by atoms with Crippen molar-refractivity contribution in [3.63, 3.8) is 0 Å². The van der Waals surface area contributed by atoms with Crippen molar-refractivity contribution in [1.29, 1.82) is 0 Å². The average molecular weight is 351 g/mol. The number of hydrogen-bond acceptors (Lipinski definition) is 3. The minimum absolute atomic E-state index is 0.0324. The number of ether oxygens (including phenoxy) is 1. The molecular formula is C16H19BrN2O2. The molecule has 0 aliphatic heterocycles. The molecule has 0 unspecified atom stereocenters. The van der Waals surface area contributed by atoms with Crippen molar-refractivity contribution in [2.75, 3.05) is 0 Å². The Hall–Kier alpha value is -1.33. The number of aromatic nitrogens is 2. The van der Waals surface area contributed by atoms with Crippen LogP contribution in [0.3, 0.4) is 0 Å². The molecule has 1 aromatic carbocycles. The van der Waals surface area contributed by atoms with E-state index >= 15 is 0 Å². The van der Waals surface area contributed by atoms with Crippen molar-refractivity contribution in [1.82, 2.24) is 9.78 Å². The molecule has 1 saturated carbocycles. The van der Waals surface area contributed by atoms with Crippen LogP contribution in [0.25, 0.3) is 0 Å². The molecule has 0 bridgehead atoms. The Morgan fingerprint density at radius 1 is 1.29 bits per heavy atom. The van der Waals surface area contributed by atoms with Crippen LogP contribution < -0.4 is 4.74 Å². The Morgan fingerprint density at radius 3 is 2.81 bits per heavy atom. The number of hydrogen-bond donors (Lipinski definition) is 1. The zero-order valence-electron chi connectivity index (χ0n) is 11.8. The molecule has 0 saturated heterocycles. The summed E-state index contributed by atoms with van der Waals surface area (Å²) in [4.78, 5) is 0. The van der Waals surface area contributed by atoms with E-state index in [0.29, 0.717) is 12.6 Å². The summed E-state index contributed by atoms with van der Waals surface area (Å²) in [5, 5.41) is 13.7. The maximum Gasteiger partial charge on any atom is 0.134 e. The van der Waals surface area contributed by atoms with Gasteiger partial charge in [-0.15, -0.1) is 0 Å². The summed E-state index contributed by atoms with van der Waals surface area (Å²) >= 11 is 3.46. The summed E-state index contributed by atoms with van der Waals surface area (Å²) in [5.74, 6) is 0.766. The van der Waals surface area contributed by atoms with E-state index in [1.54, 1.807) is 0 Å². The third-order valence-electron chi connectivity index (χ3n) is 3.92. The summed E-state index contributed by atoms with van der Waals surface area (Å²) in [7, 11) is 0. The lowest BCUT2D eigenvalue weighted by Crippen LogP contribution is -2.06. The van der Waals surface area contributed by atoms with Gasteiger partial charge in [-0.05, 0) is 52.5 Å². The van der Waals surface area contributed by atoms with Crippen LogP contribution in [-0.4, -0.2) is 14.9 Å². The van der Waals surface area contributed by atoms with E-state index in [1.807, 2.05) is 24.3 Å². The molecule has 0 spiro atoms. The largest absolute Gasteiger partial charge is 0.486 e. The lowest BCUT2D eigenvalue weighted by atomic mass is 10.2. The molecule has 4 nitrogen and oxygen atoms in total. The quantitative estimate of drug-likeness (QED) is 0.891. The lowest BCUT2D eigenvalue weighted by molar-refractivity contribution is 0.280. The van der Waals surface area contributed by atoms with E-state index in [1.165, 1.54) is 25.7 Å². The highest BCUT2D eigenvalue weighted by molar-refractivity contribution is 9.10. The SMILES string of the molecule is OCc1ccc(OCc2ccn(C3CCCC3)n2)c(Br)c1. The molecule has 112 valence electrons. The Labute approximate surface area is 132 Å². The van der Waals surface area contributed by atoms with Crippen LogP contribution in [0.1, 0.15) is 43.0 Å². The van der Waals surface area contributed by atoms with E-state index in [9.17, 15) is 0 Å². The van der Waals surface area contributed by atoms with Crippen molar-refractivity contribution < 1.29 is 9.84 Å². The maximum absolute atomic E-state index is 9.09. The first-order chi connectivity index (χ1) is 10.3. The molecule has 0 amide bonds. The van der Waals surface area contributed by atoms with Crippen LogP contribution in [-0.2, 0) is 13.2 Å². The third-order valence-corrected chi connectivity index (χ3v) is 4.54. The molecule has 21 heavy (non-hydrogen) atoms. The second-order valence-corrected chi connectivity index (χ2v) is 6.29. The second kappa shape index (κ2) is 6.62. The van der Waals surface area contributed by atoms with Gasteiger partial charge in [-0.2, -0.15) is 5.10 Å².